The molecule has 0 spiro atoms. The van der Waals surface area contributed by atoms with Crippen molar-refractivity contribution >= 4 is 23.2 Å². The van der Waals surface area contributed by atoms with Gasteiger partial charge in [0.15, 0.2) is 0 Å². The van der Waals surface area contributed by atoms with Crippen LogP contribution < -0.4 is 16.0 Å². The largest absolute Gasteiger partial charge is 0.366 e. The van der Waals surface area contributed by atoms with Crippen molar-refractivity contribution in [1.82, 2.24) is 0 Å². The molecule has 1 aliphatic heterocycles. The van der Waals surface area contributed by atoms with Crippen LogP contribution in [0.1, 0.15) is 21.5 Å². The third-order valence-electron chi connectivity index (χ3n) is 4.99. The number of primary amides is 1. The van der Waals surface area contributed by atoms with Gasteiger partial charge in [-0.2, -0.15) is 0 Å². The van der Waals surface area contributed by atoms with Crippen molar-refractivity contribution in [2.24, 2.45) is 5.73 Å². The van der Waals surface area contributed by atoms with Crippen LogP contribution in [0.3, 0.4) is 0 Å². The van der Waals surface area contributed by atoms with E-state index < -0.39 is 5.91 Å². The first-order valence-electron chi connectivity index (χ1n) is 9.21. The third-order valence-corrected chi connectivity index (χ3v) is 4.99. The monoisotopic (exact) mass is 371 g/mol. The van der Waals surface area contributed by atoms with E-state index in [2.05, 4.69) is 10.2 Å². The molecule has 3 aromatic carbocycles. The molecule has 0 aliphatic carbocycles. The summed E-state index contributed by atoms with van der Waals surface area (Å²) in [6.07, 6.45) is 0.594. The van der Waals surface area contributed by atoms with E-state index in [0.717, 1.165) is 16.8 Å². The SMILES string of the molecule is NC(=O)c1ccc2c(c1)NC(=O)C(Cc1ccccc1)N2Cc1ccccc1. The van der Waals surface area contributed by atoms with Crippen LogP contribution in [0.2, 0.25) is 0 Å². The zero-order valence-corrected chi connectivity index (χ0v) is 15.3. The minimum atomic E-state index is -0.516. The molecule has 1 aliphatic rings. The van der Waals surface area contributed by atoms with Crippen molar-refractivity contribution in [3.8, 4) is 0 Å². The van der Waals surface area contributed by atoms with Crippen LogP contribution in [-0.4, -0.2) is 17.9 Å². The Hall–Kier alpha value is -3.60. The first-order valence-corrected chi connectivity index (χ1v) is 9.21. The lowest BCUT2D eigenvalue weighted by Crippen LogP contribution is -2.49. The summed E-state index contributed by atoms with van der Waals surface area (Å²) < 4.78 is 0. The van der Waals surface area contributed by atoms with Crippen molar-refractivity contribution in [2.75, 3.05) is 10.2 Å². The van der Waals surface area contributed by atoms with Crippen LogP contribution >= 0.6 is 0 Å². The molecule has 3 aromatic rings. The second-order valence-corrected chi connectivity index (χ2v) is 6.90. The summed E-state index contributed by atoms with van der Waals surface area (Å²) in [5, 5.41) is 2.95. The number of carbonyl (C=O) groups excluding carboxylic acids is 2. The topological polar surface area (TPSA) is 75.4 Å². The van der Waals surface area contributed by atoms with E-state index in [9.17, 15) is 9.59 Å². The maximum absolute atomic E-state index is 13.0. The van der Waals surface area contributed by atoms with Crippen LogP contribution in [0.4, 0.5) is 11.4 Å². The second kappa shape index (κ2) is 7.56. The quantitative estimate of drug-likeness (QED) is 0.722. The molecule has 0 aromatic heterocycles. The molecule has 1 atom stereocenters. The molecule has 3 N–H and O–H groups in total. The van der Waals surface area contributed by atoms with E-state index >= 15 is 0 Å². The number of nitrogens with one attached hydrogen (secondary N) is 1. The van der Waals surface area contributed by atoms with Crippen molar-refractivity contribution in [2.45, 2.75) is 19.0 Å². The van der Waals surface area contributed by atoms with Crippen LogP contribution in [-0.2, 0) is 17.8 Å². The van der Waals surface area contributed by atoms with Crippen molar-refractivity contribution < 1.29 is 9.59 Å². The third kappa shape index (κ3) is 3.60. The molecular formula is C23H21N3O2. The Morgan fingerprint density at radius 3 is 2.21 bits per heavy atom. The average Bonchev–Trinajstić information content (AvgIpc) is 2.71. The van der Waals surface area contributed by atoms with Gasteiger partial charge in [-0.3, -0.25) is 9.59 Å². The predicted molar refractivity (Wildman–Crippen MR) is 110 cm³/mol. The summed E-state index contributed by atoms with van der Waals surface area (Å²) in [6.45, 7) is 0.592. The normalized spacial score (nSPS) is 15.6. The zero-order valence-electron chi connectivity index (χ0n) is 15.3. The fourth-order valence-corrected chi connectivity index (χ4v) is 3.58. The van der Waals surface area contributed by atoms with E-state index in [1.807, 2.05) is 66.7 Å². The molecular weight excluding hydrogens is 350 g/mol. The lowest BCUT2D eigenvalue weighted by atomic mass is 9.98. The Balaban J connectivity index is 1.74. The number of amides is 2. The van der Waals surface area contributed by atoms with Gasteiger partial charge in [-0.1, -0.05) is 60.7 Å². The molecule has 1 unspecified atom stereocenters. The number of hydrogen-bond donors (Lipinski definition) is 2. The van der Waals surface area contributed by atoms with Crippen LogP contribution in [0.5, 0.6) is 0 Å². The zero-order chi connectivity index (χ0) is 19.5. The summed E-state index contributed by atoms with van der Waals surface area (Å²) in [5.41, 5.74) is 9.48. The lowest BCUT2D eigenvalue weighted by Gasteiger charge is -2.38. The van der Waals surface area contributed by atoms with Gasteiger partial charge in [-0.05, 0) is 29.3 Å². The molecule has 0 saturated heterocycles. The molecule has 0 bridgehead atoms. The smallest absolute Gasteiger partial charge is 0.248 e. The number of hydrogen-bond acceptors (Lipinski definition) is 3. The number of benzene rings is 3. The molecule has 0 fully saturated rings. The number of anilines is 2. The van der Waals surface area contributed by atoms with Gasteiger partial charge in [0.1, 0.15) is 6.04 Å². The molecule has 5 heteroatoms. The van der Waals surface area contributed by atoms with E-state index in [1.165, 1.54) is 0 Å². The fraction of sp³-hybridized carbons (Fsp3) is 0.130. The predicted octanol–water partition coefficient (Wildman–Crippen LogP) is 3.36. The van der Waals surface area contributed by atoms with Gasteiger partial charge in [0.05, 0.1) is 11.4 Å². The van der Waals surface area contributed by atoms with Gasteiger partial charge in [0.25, 0.3) is 0 Å². The Morgan fingerprint density at radius 2 is 1.57 bits per heavy atom. The number of nitrogens with zero attached hydrogens (tertiary/aromatic N) is 1. The van der Waals surface area contributed by atoms with Crippen LogP contribution in [0, 0.1) is 0 Å². The first kappa shape index (κ1) is 17.8. The maximum atomic E-state index is 13.0. The van der Waals surface area contributed by atoms with Crippen molar-refractivity contribution in [1.29, 1.82) is 0 Å². The fourth-order valence-electron chi connectivity index (χ4n) is 3.58. The molecule has 0 radical (unpaired) electrons. The van der Waals surface area contributed by atoms with Gasteiger partial charge >= 0.3 is 0 Å². The molecule has 28 heavy (non-hydrogen) atoms. The standard InChI is InChI=1S/C23H21N3O2/c24-22(27)18-11-12-20-19(14-18)25-23(28)21(13-16-7-3-1-4-8-16)26(20)15-17-9-5-2-6-10-17/h1-12,14,21H,13,15H2,(H2,24,27)(H,25,28). The van der Waals surface area contributed by atoms with Crippen molar-refractivity contribution in [3.05, 3.63) is 95.6 Å². The van der Waals surface area contributed by atoms with Gasteiger partial charge in [-0.25, -0.2) is 0 Å². The van der Waals surface area contributed by atoms with Crippen LogP contribution in [0.15, 0.2) is 78.9 Å². The van der Waals surface area contributed by atoms with E-state index in [4.69, 9.17) is 5.73 Å². The first-order chi connectivity index (χ1) is 13.6. The Morgan fingerprint density at radius 1 is 0.929 bits per heavy atom. The highest BCUT2D eigenvalue weighted by Crippen LogP contribution is 2.35. The van der Waals surface area contributed by atoms with E-state index in [1.54, 1.807) is 12.1 Å². The second-order valence-electron chi connectivity index (χ2n) is 6.90. The highest BCUT2D eigenvalue weighted by Gasteiger charge is 2.33. The van der Waals surface area contributed by atoms with E-state index in [0.29, 0.717) is 24.2 Å². The lowest BCUT2D eigenvalue weighted by molar-refractivity contribution is -0.117. The summed E-state index contributed by atoms with van der Waals surface area (Å²) in [5.74, 6) is -0.605. The maximum Gasteiger partial charge on any atom is 0.248 e. The van der Waals surface area contributed by atoms with Crippen LogP contribution in [0.25, 0.3) is 0 Å². The van der Waals surface area contributed by atoms with Gasteiger partial charge in [0, 0.05) is 18.5 Å². The molecule has 140 valence electrons. The number of fused-ring (bicyclic) bond motifs is 1. The molecule has 5 nitrogen and oxygen atoms in total. The van der Waals surface area contributed by atoms with Crippen molar-refractivity contribution in [3.63, 3.8) is 0 Å². The summed E-state index contributed by atoms with van der Waals surface area (Å²) in [7, 11) is 0. The highest BCUT2D eigenvalue weighted by atomic mass is 16.2. The summed E-state index contributed by atoms with van der Waals surface area (Å²) in [6, 6.07) is 24.9. The highest BCUT2D eigenvalue weighted by molar-refractivity contribution is 6.05. The van der Waals surface area contributed by atoms with E-state index in [-0.39, 0.29) is 11.9 Å². The Bertz CT molecular complexity index is 1000. The number of rotatable bonds is 5. The van der Waals surface area contributed by atoms with Gasteiger partial charge < -0.3 is 16.0 Å². The minimum absolute atomic E-state index is 0.0890. The number of carbonyl (C=O) groups is 2. The van der Waals surface area contributed by atoms with Gasteiger partial charge in [-0.15, -0.1) is 0 Å². The molecule has 2 amide bonds. The molecule has 4 rings (SSSR count). The number of nitrogens with two attached hydrogens (primary N) is 1. The average molecular weight is 371 g/mol. The Kier molecular flexibility index (Phi) is 4.81. The minimum Gasteiger partial charge on any atom is -0.366 e. The molecule has 1 heterocycles. The van der Waals surface area contributed by atoms with Gasteiger partial charge in [0.2, 0.25) is 11.8 Å². The summed E-state index contributed by atoms with van der Waals surface area (Å²) >= 11 is 0. The summed E-state index contributed by atoms with van der Waals surface area (Å²) in [4.78, 5) is 26.6. The molecule has 0 saturated carbocycles. The Labute approximate surface area is 163 Å².